The molecule has 3 rings (SSSR count). The van der Waals surface area contributed by atoms with E-state index < -0.39 is 17.8 Å². The Hall–Kier alpha value is -3.03. The summed E-state index contributed by atoms with van der Waals surface area (Å²) in [6.45, 7) is 2.77. The molecule has 7 nitrogen and oxygen atoms in total. The van der Waals surface area contributed by atoms with E-state index in [1.807, 2.05) is 0 Å². The number of halogens is 2. The predicted molar refractivity (Wildman–Crippen MR) is 137 cm³/mol. The van der Waals surface area contributed by atoms with E-state index in [0.29, 0.717) is 23.7 Å². The molecule has 9 heteroatoms. The van der Waals surface area contributed by atoms with Crippen molar-refractivity contribution < 1.29 is 23.9 Å². The molecular formula is C26H28Cl2N2O5. The maximum Gasteiger partial charge on any atom is 0.335 e. The van der Waals surface area contributed by atoms with Gasteiger partial charge in [-0.05, 0) is 48.4 Å². The standard InChI is InChI=1S/C26H28Cl2N2O5/c1-3-4-5-6-7-8-13-35-22-12-9-17(15-23(22)34-2)14-19-24(31)29-26(33)30(25(19)32)18-10-11-20(27)21(28)16-18/h9-12,14-16H,3-8,13H2,1-2H3,(H,29,31,33)/b19-14-. The van der Waals surface area contributed by atoms with Gasteiger partial charge in [-0.15, -0.1) is 0 Å². The van der Waals surface area contributed by atoms with E-state index in [9.17, 15) is 14.4 Å². The molecule has 1 N–H and O–H groups in total. The van der Waals surface area contributed by atoms with Crippen LogP contribution in [0.3, 0.4) is 0 Å². The number of ether oxygens (including phenoxy) is 2. The maximum absolute atomic E-state index is 13.1. The average molecular weight is 519 g/mol. The number of nitrogens with zero attached hydrogens (tertiary/aromatic N) is 1. The highest BCUT2D eigenvalue weighted by atomic mass is 35.5. The van der Waals surface area contributed by atoms with Crippen molar-refractivity contribution in [1.82, 2.24) is 5.32 Å². The number of rotatable bonds is 11. The molecule has 1 aliphatic heterocycles. The average Bonchev–Trinajstić information content (AvgIpc) is 2.83. The third kappa shape index (κ3) is 6.77. The number of imide groups is 2. The first-order valence-electron chi connectivity index (χ1n) is 11.5. The van der Waals surface area contributed by atoms with E-state index in [-0.39, 0.29) is 21.3 Å². The van der Waals surface area contributed by atoms with Gasteiger partial charge in [-0.2, -0.15) is 0 Å². The number of benzene rings is 2. The fraction of sp³-hybridized carbons (Fsp3) is 0.346. The topological polar surface area (TPSA) is 84.9 Å². The third-order valence-corrected chi connectivity index (χ3v) is 6.26. The quantitative estimate of drug-likeness (QED) is 0.211. The molecule has 186 valence electrons. The number of amides is 4. The summed E-state index contributed by atoms with van der Waals surface area (Å²) in [5.74, 6) is -0.514. The summed E-state index contributed by atoms with van der Waals surface area (Å²) in [5, 5.41) is 2.63. The normalized spacial score (nSPS) is 14.9. The molecule has 0 spiro atoms. The number of methoxy groups -OCH3 is 1. The van der Waals surface area contributed by atoms with E-state index in [4.69, 9.17) is 32.7 Å². The third-order valence-electron chi connectivity index (χ3n) is 5.52. The van der Waals surface area contributed by atoms with Crippen LogP contribution in [-0.4, -0.2) is 31.6 Å². The summed E-state index contributed by atoms with van der Waals surface area (Å²) in [6.07, 6.45) is 8.36. The summed E-state index contributed by atoms with van der Waals surface area (Å²) in [5.41, 5.74) is 0.519. The van der Waals surface area contributed by atoms with Crippen molar-refractivity contribution >= 4 is 52.8 Å². The van der Waals surface area contributed by atoms with Gasteiger partial charge in [0.1, 0.15) is 5.57 Å². The van der Waals surface area contributed by atoms with Gasteiger partial charge in [0.05, 0.1) is 29.4 Å². The van der Waals surface area contributed by atoms with Gasteiger partial charge in [0, 0.05) is 0 Å². The molecular weight excluding hydrogens is 491 g/mol. The van der Waals surface area contributed by atoms with Crippen LogP contribution in [0.15, 0.2) is 42.0 Å². The summed E-state index contributed by atoms with van der Waals surface area (Å²) in [4.78, 5) is 38.8. The first kappa shape index (κ1) is 26.6. The fourth-order valence-electron chi connectivity index (χ4n) is 3.64. The van der Waals surface area contributed by atoms with Crippen molar-refractivity contribution in [2.45, 2.75) is 45.4 Å². The minimum atomic E-state index is -0.869. The Morgan fingerprint density at radius 3 is 2.37 bits per heavy atom. The highest BCUT2D eigenvalue weighted by molar-refractivity contribution is 6.43. The highest BCUT2D eigenvalue weighted by Gasteiger charge is 2.37. The molecule has 1 aliphatic rings. The zero-order chi connectivity index (χ0) is 25.4. The second-order valence-corrected chi connectivity index (χ2v) is 8.90. The zero-order valence-electron chi connectivity index (χ0n) is 19.7. The first-order valence-corrected chi connectivity index (χ1v) is 12.3. The smallest absolute Gasteiger partial charge is 0.335 e. The van der Waals surface area contributed by atoms with E-state index in [1.54, 1.807) is 18.2 Å². The summed E-state index contributed by atoms with van der Waals surface area (Å²) in [7, 11) is 1.52. The molecule has 0 aliphatic carbocycles. The van der Waals surface area contributed by atoms with Crippen LogP contribution in [0.4, 0.5) is 10.5 Å². The largest absolute Gasteiger partial charge is 0.493 e. The number of anilines is 1. The monoisotopic (exact) mass is 518 g/mol. The van der Waals surface area contributed by atoms with Gasteiger partial charge in [0.15, 0.2) is 11.5 Å². The molecule has 2 aromatic rings. The van der Waals surface area contributed by atoms with Crippen molar-refractivity contribution in [1.29, 1.82) is 0 Å². The Balaban J connectivity index is 1.75. The van der Waals surface area contributed by atoms with Crippen molar-refractivity contribution in [3.8, 4) is 11.5 Å². The highest BCUT2D eigenvalue weighted by Crippen LogP contribution is 2.31. The lowest BCUT2D eigenvalue weighted by Gasteiger charge is -2.26. The van der Waals surface area contributed by atoms with Crippen molar-refractivity contribution in [3.05, 3.63) is 57.6 Å². The molecule has 2 aromatic carbocycles. The number of urea groups is 1. The van der Waals surface area contributed by atoms with Crippen molar-refractivity contribution in [2.75, 3.05) is 18.6 Å². The molecule has 4 amide bonds. The van der Waals surface area contributed by atoms with Crippen LogP contribution < -0.4 is 19.7 Å². The number of hydrogen-bond donors (Lipinski definition) is 1. The minimum absolute atomic E-state index is 0.175. The molecule has 1 saturated heterocycles. The maximum atomic E-state index is 13.1. The van der Waals surface area contributed by atoms with Crippen LogP contribution in [0.25, 0.3) is 6.08 Å². The van der Waals surface area contributed by atoms with Crippen LogP contribution in [0.1, 0.15) is 51.0 Å². The van der Waals surface area contributed by atoms with Crippen LogP contribution in [0.2, 0.25) is 10.0 Å². The van der Waals surface area contributed by atoms with Gasteiger partial charge in [0.25, 0.3) is 11.8 Å². The summed E-state index contributed by atoms with van der Waals surface area (Å²) in [6, 6.07) is 8.57. The van der Waals surface area contributed by atoms with Gasteiger partial charge in [-0.1, -0.05) is 68.3 Å². The van der Waals surface area contributed by atoms with Crippen molar-refractivity contribution in [3.63, 3.8) is 0 Å². The van der Waals surface area contributed by atoms with Crippen LogP contribution >= 0.6 is 23.2 Å². The van der Waals surface area contributed by atoms with Gasteiger partial charge < -0.3 is 9.47 Å². The number of barbiturate groups is 1. The Morgan fingerprint density at radius 1 is 0.914 bits per heavy atom. The molecule has 1 heterocycles. The lowest BCUT2D eigenvalue weighted by Crippen LogP contribution is -2.54. The van der Waals surface area contributed by atoms with Gasteiger partial charge in [0.2, 0.25) is 0 Å². The lowest BCUT2D eigenvalue weighted by atomic mass is 10.1. The molecule has 0 radical (unpaired) electrons. The minimum Gasteiger partial charge on any atom is -0.493 e. The number of unbranched alkanes of at least 4 members (excludes halogenated alkanes) is 5. The number of carbonyl (C=O) groups excluding carboxylic acids is 3. The van der Waals surface area contributed by atoms with Crippen LogP contribution in [0, 0.1) is 0 Å². The Bertz CT molecular complexity index is 1130. The molecule has 0 aromatic heterocycles. The molecule has 35 heavy (non-hydrogen) atoms. The van der Waals surface area contributed by atoms with Gasteiger partial charge >= 0.3 is 6.03 Å². The Labute approximate surface area is 215 Å². The van der Waals surface area contributed by atoms with Gasteiger partial charge in [-0.25, -0.2) is 9.69 Å². The summed E-state index contributed by atoms with van der Waals surface area (Å²) >= 11 is 12.0. The van der Waals surface area contributed by atoms with Crippen LogP contribution in [-0.2, 0) is 9.59 Å². The molecule has 0 saturated carbocycles. The molecule has 0 atom stereocenters. The number of nitrogens with one attached hydrogen (secondary N) is 1. The Morgan fingerprint density at radius 2 is 1.66 bits per heavy atom. The van der Waals surface area contributed by atoms with E-state index in [2.05, 4.69) is 12.2 Å². The van der Waals surface area contributed by atoms with E-state index in [0.717, 1.165) is 17.7 Å². The number of carbonyl (C=O) groups is 3. The second kappa shape index (κ2) is 12.6. The fourth-order valence-corrected chi connectivity index (χ4v) is 3.93. The van der Waals surface area contributed by atoms with Crippen LogP contribution in [0.5, 0.6) is 11.5 Å². The second-order valence-electron chi connectivity index (χ2n) is 8.08. The summed E-state index contributed by atoms with van der Waals surface area (Å²) < 4.78 is 11.3. The SMILES string of the molecule is CCCCCCCCOc1ccc(/C=C2/C(=O)NC(=O)N(c3ccc(Cl)c(Cl)c3)C2=O)cc1OC. The first-order chi connectivity index (χ1) is 16.8. The van der Waals surface area contributed by atoms with E-state index >= 15 is 0 Å². The zero-order valence-corrected chi connectivity index (χ0v) is 21.2. The predicted octanol–water partition coefficient (Wildman–Crippen LogP) is 6.41. The Kier molecular flexibility index (Phi) is 9.57. The molecule has 0 unspecified atom stereocenters. The van der Waals surface area contributed by atoms with Gasteiger partial charge in [-0.3, -0.25) is 14.9 Å². The lowest BCUT2D eigenvalue weighted by molar-refractivity contribution is -0.122. The molecule has 0 bridgehead atoms. The number of hydrogen-bond acceptors (Lipinski definition) is 5. The molecule has 1 fully saturated rings. The van der Waals surface area contributed by atoms with Crippen molar-refractivity contribution in [2.24, 2.45) is 0 Å². The van der Waals surface area contributed by atoms with E-state index in [1.165, 1.54) is 57.1 Å².